The number of carbonyl (C=O) groups excluding carboxylic acids is 1. The molecule has 3 N–H and O–H groups in total. The van der Waals surface area contributed by atoms with E-state index in [2.05, 4.69) is 0 Å². The Morgan fingerprint density at radius 2 is 1.84 bits per heavy atom. The standard InChI is InChI=1S/C23H18O8/c24-10-6-7-12-16-14(10)17(25)18-20(28-18)23(16)30-11-4-1-3-9-15(11)22(29-12,31-23)13-5-2-8-21(13,27)19(9)26/h1,3-4,6-7,13,17-18,20,24-25,27H,2,5,8H2/t13-,17-,18-,20-,21+,22-,23+/m1/s1. The zero-order valence-electron chi connectivity index (χ0n) is 16.2. The van der Waals surface area contributed by atoms with E-state index in [4.69, 9.17) is 18.9 Å². The predicted molar refractivity (Wildman–Crippen MR) is 100 cm³/mol. The molecule has 0 amide bonds. The van der Waals surface area contributed by atoms with E-state index in [1.807, 2.05) is 0 Å². The van der Waals surface area contributed by atoms with Crippen LogP contribution >= 0.6 is 0 Å². The third kappa shape index (κ3) is 1.58. The van der Waals surface area contributed by atoms with Crippen molar-refractivity contribution in [1.82, 2.24) is 0 Å². The number of aliphatic hydroxyl groups is 2. The van der Waals surface area contributed by atoms with Crippen LogP contribution in [0, 0.1) is 5.92 Å². The lowest BCUT2D eigenvalue weighted by atomic mass is 9.67. The molecule has 0 radical (unpaired) electrons. The fourth-order valence-corrected chi connectivity index (χ4v) is 6.70. The van der Waals surface area contributed by atoms with Crippen LogP contribution in [0.4, 0.5) is 0 Å². The lowest BCUT2D eigenvalue weighted by molar-refractivity contribution is -0.391. The molecule has 2 bridgehead atoms. The van der Waals surface area contributed by atoms with E-state index >= 15 is 0 Å². The molecule has 3 aliphatic carbocycles. The average Bonchev–Trinajstić information content (AvgIpc) is 3.47. The third-order valence-corrected chi connectivity index (χ3v) is 7.96. The summed E-state index contributed by atoms with van der Waals surface area (Å²) in [6.45, 7) is 0. The van der Waals surface area contributed by atoms with Gasteiger partial charge in [0.15, 0.2) is 11.9 Å². The van der Waals surface area contributed by atoms with Crippen LogP contribution in [-0.2, 0) is 21.0 Å². The van der Waals surface area contributed by atoms with Crippen LogP contribution < -0.4 is 9.47 Å². The number of phenolic OH excluding ortho intramolecular Hbond substituents is 1. The maximum atomic E-state index is 13.3. The molecule has 7 atom stereocenters. The van der Waals surface area contributed by atoms with E-state index in [-0.39, 0.29) is 17.1 Å². The zero-order chi connectivity index (χ0) is 20.9. The predicted octanol–water partition coefficient (Wildman–Crippen LogP) is 1.74. The zero-order valence-corrected chi connectivity index (χ0v) is 16.2. The number of rotatable bonds is 0. The Bertz CT molecular complexity index is 1240. The van der Waals surface area contributed by atoms with Crippen LogP contribution in [0.3, 0.4) is 0 Å². The minimum absolute atomic E-state index is 0.0953. The number of carbonyl (C=O) groups is 1. The molecule has 8 heteroatoms. The summed E-state index contributed by atoms with van der Waals surface area (Å²) >= 11 is 0. The Hall–Kier alpha value is -2.65. The van der Waals surface area contributed by atoms with E-state index in [0.717, 1.165) is 0 Å². The van der Waals surface area contributed by atoms with E-state index < -0.39 is 41.4 Å². The van der Waals surface area contributed by atoms with E-state index in [1.54, 1.807) is 24.3 Å². The number of hydrogen-bond donors (Lipinski definition) is 3. The summed E-state index contributed by atoms with van der Waals surface area (Å²) in [5, 5.41) is 32.8. The highest BCUT2D eigenvalue weighted by atomic mass is 16.8. The number of aliphatic hydroxyl groups excluding tert-OH is 1. The second kappa shape index (κ2) is 4.73. The van der Waals surface area contributed by atoms with Crippen molar-refractivity contribution in [2.75, 3.05) is 0 Å². The van der Waals surface area contributed by atoms with Gasteiger partial charge in [-0.05, 0) is 37.5 Å². The summed E-state index contributed by atoms with van der Waals surface area (Å²) in [5.41, 5.74) is -0.108. The van der Waals surface area contributed by atoms with Crippen molar-refractivity contribution in [3.05, 3.63) is 52.6 Å². The van der Waals surface area contributed by atoms with E-state index in [1.165, 1.54) is 6.07 Å². The minimum Gasteiger partial charge on any atom is -0.508 e. The number of phenols is 1. The van der Waals surface area contributed by atoms with Gasteiger partial charge in [-0.1, -0.05) is 12.1 Å². The van der Waals surface area contributed by atoms with Crippen LogP contribution in [0.1, 0.15) is 52.4 Å². The fraction of sp³-hybridized carbons (Fsp3) is 0.435. The Labute approximate surface area is 175 Å². The molecule has 6 aliphatic rings. The van der Waals surface area contributed by atoms with Crippen molar-refractivity contribution in [2.45, 2.75) is 54.7 Å². The third-order valence-electron chi connectivity index (χ3n) is 7.96. The molecule has 1 saturated heterocycles. The maximum absolute atomic E-state index is 13.3. The van der Waals surface area contributed by atoms with Gasteiger partial charge >= 0.3 is 0 Å². The first kappa shape index (κ1) is 17.0. The molecule has 0 aromatic heterocycles. The molecule has 1 saturated carbocycles. The summed E-state index contributed by atoms with van der Waals surface area (Å²) in [4.78, 5) is 13.3. The molecule has 2 spiro atoms. The summed E-state index contributed by atoms with van der Waals surface area (Å²) in [5.74, 6) is -3.14. The average molecular weight is 422 g/mol. The van der Waals surface area contributed by atoms with Crippen LogP contribution in [0.5, 0.6) is 17.2 Å². The first-order chi connectivity index (χ1) is 14.9. The highest BCUT2D eigenvalue weighted by molar-refractivity contribution is 6.06. The van der Waals surface area contributed by atoms with Gasteiger partial charge in [0.25, 0.3) is 11.6 Å². The van der Waals surface area contributed by atoms with Crippen LogP contribution in [-0.4, -0.2) is 38.9 Å². The second-order valence-corrected chi connectivity index (χ2v) is 9.36. The van der Waals surface area contributed by atoms with Gasteiger partial charge in [0.05, 0.1) is 17.0 Å². The first-order valence-electron chi connectivity index (χ1n) is 10.6. The topological polar surface area (TPSA) is 118 Å². The molecule has 2 fully saturated rings. The van der Waals surface area contributed by atoms with Crippen molar-refractivity contribution < 1.29 is 39.1 Å². The molecule has 8 rings (SSSR count). The monoisotopic (exact) mass is 422 g/mol. The SMILES string of the molecule is O=C1c2cccc3c2[C@@]2(Oc4ccc(O)c5c4[C@](O3)(O2)[C@@H]2O[C@@H]2[C@@H]5O)[C@@H]2CCC[C@@]12O. The van der Waals surface area contributed by atoms with Crippen molar-refractivity contribution in [2.24, 2.45) is 5.92 Å². The Morgan fingerprint density at radius 1 is 1.03 bits per heavy atom. The van der Waals surface area contributed by atoms with Crippen molar-refractivity contribution in [3.63, 3.8) is 0 Å². The lowest BCUT2D eigenvalue weighted by Crippen LogP contribution is -2.68. The summed E-state index contributed by atoms with van der Waals surface area (Å²) in [7, 11) is 0. The molecule has 2 aromatic rings. The van der Waals surface area contributed by atoms with Gasteiger partial charge in [-0.25, -0.2) is 0 Å². The Kier molecular flexibility index (Phi) is 2.59. The number of fused-ring (bicyclic) bond motifs is 2. The number of benzene rings is 2. The smallest absolute Gasteiger partial charge is 0.274 e. The second-order valence-electron chi connectivity index (χ2n) is 9.36. The van der Waals surface area contributed by atoms with E-state index in [0.29, 0.717) is 47.5 Å². The normalized spacial score (nSPS) is 44.3. The van der Waals surface area contributed by atoms with Crippen molar-refractivity contribution in [3.8, 4) is 17.2 Å². The van der Waals surface area contributed by atoms with Crippen LogP contribution in [0.2, 0.25) is 0 Å². The van der Waals surface area contributed by atoms with Gasteiger partial charge in [0, 0.05) is 11.1 Å². The number of ether oxygens (including phenoxy) is 4. The molecular weight excluding hydrogens is 404 g/mol. The van der Waals surface area contributed by atoms with Crippen LogP contribution in [0.15, 0.2) is 30.3 Å². The molecular formula is C23H18O8. The first-order valence-corrected chi connectivity index (χ1v) is 10.6. The van der Waals surface area contributed by atoms with Crippen molar-refractivity contribution >= 4 is 5.78 Å². The fourth-order valence-electron chi connectivity index (χ4n) is 6.70. The highest BCUT2D eigenvalue weighted by Crippen LogP contribution is 2.69. The molecule has 8 nitrogen and oxygen atoms in total. The van der Waals surface area contributed by atoms with Gasteiger partial charge in [-0.3, -0.25) is 9.53 Å². The van der Waals surface area contributed by atoms with Gasteiger partial charge < -0.3 is 29.5 Å². The maximum Gasteiger partial charge on any atom is 0.274 e. The molecule has 0 unspecified atom stereocenters. The van der Waals surface area contributed by atoms with Gasteiger partial charge in [-0.2, -0.15) is 0 Å². The van der Waals surface area contributed by atoms with Crippen LogP contribution in [0.25, 0.3) is 0 Å². The quantitative estimate of drug-likeness (QED) is 0.550. The molecule has 158 valence electrons. The Morgan fingerprint density at radius 3 is 2.71 bits per heavy atom. The summed E-state index contributed by atoms with van der Waals surface area (Å²) in [6.07, 6.45) is -0.712. The van der Waals surface area contributed by atoms with Crippen molar-refractivity contribution in [1.29, 1.82) is 0 Å². The number of Topliss-reactive ketones (excluding diaryl/α,β-unsaturated/α-hetero) is 1. The van der Waals surface area contributed by atoms with E-state index in [9.17, 15) is 20.1 Å². The molecule has 31 heavy (non-hydrogen) atoms. The highest BCUT2D eigenvalue weighted by Gasteiger charge is 2.78. The molecule has 3 heterocycles. The number of epoxide rings is 1. The number of aromatic hydroxyl groups is 1. The summed E-state index contributed by atoms with van der Waals surface area (Å²) in [6, 6.07) is 8.21. The van der Waals surface area contributed by atoms with Gasteiger partial charge in [0.2, 0.25) is 0 Å². The lowest BCUT2D eigenvalue weighted by Gasteiger charge is -2.58. The minimum atomic E-state index is -1.60. The van der Waals surface area contributed by atoms with Gasteiger partial charge in [0.1, 0.15) is 35.1 Å². The number of hydrogen-bond acceptors (Lipinski definition) is 8. The molecule has 3 aliphatic heterocycles. The molecule has 2 aromatic carbocycles. The largest absolute Gasteiger partial charge is 0.508 e. The Balaban J connectivity index is 1.50. The summed E-state index contributed by atoms with van der Waals surface area (Å²) < 4.78 is 25.5. The number of ketones is 1. The van der Waals surface area contributed by atoms with Gasteiger partial charge in [-0.15, -0.1) is 0 Å².